The second kappa shape index (κ2) is 36.7. The van der Waals surface area contributed by atoms with E-state index in [1.165, 1.54) is 0 Å². The summed E-state index contributed by atoms with van der Waals surface area (Å²) in [6.45, 7) is 69.7. The molecule has 0 aliphatic rings. The highest BCUT2D eigenvalue weighted by Crippen LogP contribution is 2.54. The maximum absolute atomic E-state index is 15.2. The van der Waals surface area contributed by atoms with Gasteiger partial charge in [-0.3, -0.25) is 0 Å². The zero-order chi connectivity index (χ0) is 60.3. The Morgan fingerprint density at radius 1 is 0.260 bits per heavy atom. The molecule has 0 aromatic rings. The van der Waals surface area contributed by atoms with E-state index in [0.717, 1.165) is 77.0 Å². The molecule has 0 rings (SSSR count). The average Bonchev–Trinajstić information content (AvgIpc) is 3.29. The van der Waals surface area contributed by atoms with Gasteiger partial charge in [-0.05, 0) is 145 Å². The van der Waals surface area contributed by atoms with E-state index in [2.05, 4.69) is 125 Å². The van der Waals surface area contributed by atoms with Crippen molar-refractivity contribution >= 4 is 0 Å². The fraction of sp³-hybridized carbons (Fsp3) is 1.00. The molecule has 0 N–H and O–H groups in total. The molecule has 0 saturated heterocycles. The van der Waals surface area contributed by atoms with Gasteiger partial charge in [0.25, 0.3) is 0 Å². The minimum absolute atomic E-state index is 0.0994. The monoisotopic (exact) mass is 1060 g/mol. The molecule has 3 unspecified atom stereocenters. The van der Waals surface area contributed by atoms with Crippen LogP contribution in [0.5, 0.6) is 0 Å². The second-order valence-electron chi connectivity index (χ2n) is 26.8. The Morgan fingerprint density at radius 3 is 0.562 bits per heavy atom. The zero-order valence-corrected chi connectivity index (χ0v) is 56.6. The van der Waals surface area contributed by atoms with Gasteiger partial charge < -0.3 is 0 Å². The fourth-order valence-corrected chi connectivity index (χ4v) is 11.4. The largest absolute Gasteiger partial charge is 0.244 e. The minimum atomic E-state index is -1.09. The van der Waals surface area contributed by atoms with Gasteiger partial charge in [-0.1, -0.05) is 239 Å². The highest BCUT2D eigenvalue weighted by Gasteiger charge is 2.53. The lowest BCUT2D eigenvalue weighted by atomic mass is 9.57. The molecule has 0 aliphatic heterocycles. The molecule has 6 heteroatoms. The molecule has 0 aromatic heterocycles. The van der Waals surface area contributed by atoms with Crippen LogP contribution < -0.4 is 0 Å². The van der Waals surface area contributed by atoms with Crippen LogP contribution in [-0.2, 0) is 0 Å². The highest BCUT2D eigenvalue weighted by atomic mass is 19.2. The zero-order valence-electron chi connectivity index (χ0n) is 56.6. The van der Waals surface area contributed by atoms with Crippen LogP contribution in [0.3, 0.4) is 0 Å². The summed E-state index contributed by atoms with van der Waals surface area (Å²) in [5.74, 6) is 2.26. The molecule has 0 aliphatic carbocycles. The standard InChI is InChI=1S/C14H29F.2C12H25F.C11H23F.C10H21F.C8H17F/c1-8-12(5,9-2)14(7,15)13(6,10-3)11-4;1-8(2)11(9(3)4)12(7,13)10(5)6;1-6-10(7-2)12(5,13)11(8-3)9-4;1-7-10(5,8-2)11(6,12)9(3)4;1-6-9(7-2)10(5,11)8(3)4;1-6(2)8(5,9)7(3)4/h8-11H2,1-7H3;8-11H,1-7H3;10-11H,6-9H2,1-5H3;9H,7-8H2,1-6H3;8-9H,6-7H2,1-5H3;6-7H,1-5H3. The van der Waals surface area contributed by atoms with E-state index in [1.807, 2.05) is 83.1 Å². The first-order chi connectivity index (χ1) is 32.7. The average molecular weight is 1060 g/mol. The lowest BCUT2D eigenvalue weighted by Crippen LogP contribution is -2.51. The first-order valence-corrected chi connectivity index (χ1v) is 30.8. The van der Waals surface area contributed by atoms with Crippen LogP contribution in [0.2, 0.25) is 0 Å². The molecule has 0 aromatic carbocycles. The smallest absolute Gasteiger partial charge is 0.118 e. The van der Waals surface area contributed by atoms with E-state index in [1.54, 1.807) is 34.6 Å². The molecule has 0 spiro atoms. The van der Waals surface area contributed by atoms with Crippen LogP contribution in [0.4, 0.5) is 26.3 Å². The molecule has 73 heavy (non-hydrogen) atoms. The van der Waals surface area contributed by atoms with Crippen molar-refractivity contribution in [1.82, 2.24) is 0 Å². The molecule has 0 radical (unpaired) electrons. The summed E-state index contributed by atoms with van der Waals surface area (Å²) in [5, 5.41) is 0. The summed E-state index contributed by atoms with van der Waals surface area (Å²) in [5.41, 5.74) is -6.69. The lowest BCUT2D eigenvalue weighted by molar-refractivity contribution is -0.0946. The molecule has 0 bridgehead atoms. The van der Waals surface area contributed by atoms with Crippen molar-refractivity contribution in [2.24, 2.45) is 81.3 Å². The lowest BCUT2D eigenvalue weighted by Gasteiger charge is -2.51. The van der Waals surface area contributed by atoms with Gasteiger partial charge in [0.15, 0.2) is 0 Å². The van der Waals surface area contributed by atoms with Crippen LogP contribution in [0.15, 0.2) is 0 Å². The Labute approximate surface area is 459 Å². The molecule has 450 valence electrons. The van der Waals surface area contributed by atoms with E-state index in [-0.39, 0.29) is 69.5 Å². The van der Waals surface area contributed by atoms with E-state index in [9.17, 15) is 22.0 Å². The second-order valence-corrected chi connectivity index (χ2v) is 26.8. The molecule has 3 atom stereocenters. The van der Waals surface area contributed by atoms with Gasteiger partial charge in [0.2, 0.25) is 0 Å². The van der Waals surface area contributed by atoms with Gasteiger partial charge in [-0.15, -0.1) is 0 Å². The molecule has 0 heterocycles. The third kappa shape index (κ3) is 24.6. The first-order valence-electron chi connectivity index (χ1n) is 30.8. The number of hydrogen-bond acceptors (Lipinski definition) is 0. The predicted molar refractivity (Wildman–Crippen MR) is 323 cm³/mol. The summed E-state index contributed by atoms with van der Waals surface area (Å²) < 4.78 is 85.5. The number of rotatable bonds is 26. The van der Waals surface area contributed by atoms with E-state index >= 15 is 4.39 Å². The number of halogens is 6. The van der Waals surface area contributed by atoms with Crippen LogP contribution >= 0.6 is 0 Å². The van der Waals surface area contributed by atoms with Crippen molar-refractivity contribution in [3.63, 3.8) is 0 Å². The van der Waals surface area contributed by atoms with Crippen molar-refractivity contribution in [3.8, 4) is 0 Å². The summed E-state index contributed by atoms with van der Waals surface area (Å²) >= 11 is 0. The third-order valence-corrected chi connectivity index (χ3v) is 21.2. The third-order valence-electron chi connectivity index (χ3n) is 21.2. The Hall–Kier alpha value is -0.420. The normalized spacial score (nSPS) is 15.6. The molecule has 0 nitrogen and oxygen atoms in total. The number of alkyl halides is 6. The van der Waals surface area contributed by atoms with E-state index in [0.29, 0.717) is 11.8 Å². The van der Waals surface area contributed by atoms with E-state index in [4.69, 9.17) is 0 Å². The predicted octanol–water partition coefficient (Wildman–Crippen LogP) is 25.3. The molecular formula is C67H140F6. The van der Waals surface area contributed by atoms with Gasteiger partial charge in [0, 0.05) is 16.2 Å². The van der Waals surface area contributed by atoms with Gasteiger partial charge in [-0.2, -0.15) is 0 Å². The van der Waals surface area contributed by atoms with Gasteiger partial charge in [0.1, 0.15) is 34.0 Å². The maximum atomic E-state index is 15.2. The summed E-state index contributed by atoms with van der Waals surface area (Å²) in [6, 6.07) is 0. The minimum Gasteiger partial charge on any atom is -0.244 e. The van der Waals surface area contributed by atoms with Crippen molar-refractivity contribution in [2.45, 2.75) is 353 Å². The molecular weight excluding hydrogens is 919 g/mol. The quantitative estimate of drug-likeness (QED) is 0.0758. The van der Waals surface area contributed by atoms with Crippen molar-refractivity contribution < 1.29 is 26.3 Å². The SMILES string of the molecule is CC(C)C(C(C)C)C(C)(F)C(C)C.CC(C)C(C)(F)C(C)C.CCC(C)(CC)C(C)(F)C(C)(CC)CC.CCC(C)(CC)C(C)(F)C(C)C.CCC(CC)C(C)(F)C(C)C.CCC(CC)C(C)(F)C(CC)CC. The maximum Gasteiger partial charge on any atom is 0.118 e. The first kappa shape index (κ1) is 83.9. The topological polar surface area (TPSA) is 0 Å². The Balaban J connectivity index is -0.000000186. The highest BCUT2D eigenvalue weighted by molar-refractivity contribution is 5.02. The van der Waals surface area contributed by atoms with Crippen molar-refractivity contribution in [2.75, 3.05) is 0 Å². The van der Waals surface area contributed by atoms with Crippen LogP contribution in [-0.4, -0.2) is 34.0 Å². The summed E-state index contributed by atoms with van der Waals surface area (Å²) in [4.78, 5) is 0. The van der Waals surface area contributed by atoms with Gasteiger partial charge in [0.05, 0.1) is 0 Å². The molecule has 0 fully saturated rings. The number of hydrogen-bond donors (Lipinski definition) is 0. The molecule has 0 amide bonds. The van der Waals surface area contributed by atoms with Gasteiger partial charge in [-0.25, -0.2) is 26.3 Å². The van der Waals surface area contributed by atoms with Crippen molar-refractivity contribution in [3.05, 3.63) is 0 Å². The van der Waals surface area contributed by atoms with Crippen LogP contribution in [0.1, 0.15) is 319 Å². The summed E-state index contributed by atoms with van der Waals surface area (Å²) in [7, 11) is 0. The Bertz CT molecular complexity index is 1220. The van der Waals surface area contributed by atoms with E-state index < -0.39 is 34.0 Å². The fourth-order valence-electron chi connectivity index (χ4n) is 11.4. The Morgan fingerprint density at radius 2 is 0.466 bits per heavy atom. The Kier molecular flexibility index (Phi) is 42.2. The van der Waals surface area contributed by atoms with Crippen LogP contribution in [0, 0.1) is 81.3 Å². The summed E-state index contributed by atoms with van der Waals surface area (Å²) in [6.07, 6.45) is 11.2. The van der Waals surface area contributed by atoms with Crippen LogP contribution in [0.25, 0.3) is 0 Å². The van der Waals surface area contributed by atoms with Crippen molar-refractivity contribution in [1.29, 1.82) is 0 Å². The van der Waals surface area contributed by atoms with Gasteiger partial charge >= 0.3 is 0 Å². The molecule has 0 saturated carbocycles.